The van der Waals surface area contributed by atoms with E-state index < -0.39 is 11.6 Å². The molecule has 2 N–H and O–H groups in total. The fourth-order valence-electron chi connectivity index (χ4n) is 3.84. The van der Waals surface area contributed by atoms with Crippen LogP contribution in [0.4, 0.5) is 0 Å². The Morgan fingerprint density at radius 3 is 2.44 bits per heavy atom. The summed E-state index contributed by atoms with van der Waals surface area (Å²) in [5.74, 6) is -0.217. The van der Waals surface area contributed by atoms with Gasteiger partial charge in [0.15, 0.2) is 0 Å². The normalized spacial score (nSPS) is 25.9. The van der Waals surface area contributed by atoms with Crippen molar-refractivity contribution in [2.45, 2.75) is 37.6 Å². The van der Waals surface area contributed by atoms with Gasteiger partial charge in [0.1, 0.15) is 6.61 Å². The van der Waals surface area contributed by atoms with Crippen molar-refractivity contribution >= 4 is 5.91 Å². The quantitative estimate of drug-likeness (QED) is 0.823. The Labute approximate surface area is 161 Å². The van der Waals surface area contributed by atoms with E-state index >= 15 is 0 Å². The van der Waals surface area contributed by atoms with Gasteiger partial charge in [-0.15, -0.1) is 0 Å². The largest absolute Gasteiger partial charge is 0.388 e. The minimum Gasteiger partial charge on any atom is -0.388 e. The molecule has 1 saturated heterocycles. The first kappa shape index (κ1) is 19.5. The zero-order valence-electron chi connectivity index (χ0n) is 16.0. The lowest BCUT2D eigenvalue weighted by atomic mass is 9.79. The third-order valence-corrected chi connectivity index (χ3v) is 5.25. The first-order chi connectivity index (χ1) is 13.0. The highest BCUT2D eigenvalue weighted by Gasteiger charge is 2.46. The maximum atomic E-state index is 12.3. The summed E-state index contributed by atoms with van der Waals surface area (Å²) in [6.45, 7) is 3.29. The van der Waals surface area contributed by atoms with Gasteiger partial charge in [-0.2, -0.15) is 0 Å². The smallest absolute Gasteiger partial charge is 0.246 e. The zero-order chi connectivity index (χ0) is 19.3. The highest BCUT2D eigenvalue weighted by Crippen LogP contribution is 2.37. The van der Waals surface area contributed by atoms with E-state index in [1.807, 2.05) is 36.4 Å². The van der Waals surface area contributed by atoms with Crippen molar-refractivity contribution in [3.8, 4) is 0 Å². The number of hydrogen-bond acceptors (Lipinski definition) is 4. The highest BCUT2D eigenvalue weighted by molar-refractivity contribution is 5.77. The second-order valence-corrected chi connectivity index (χ2v) is 7.40. The van der Waals surface area contributed by atoms with Crippen LogP contribution in [0, 0.1) is 0 Å². The van der Waals surface area contributed by atoms with Gasteiger partial charge in [0.2, 0.25) is 5.91 Å². The number of hydrogen-bond donors (Lipinski definition) is 2. The van der Waals surface area contributed by atoms with Crippen LogP contribution in [-0.4, -0.2) is 47.8 Å². The van der Waals surface area contributed by atoms with Crippen LogP contribution in [0.25, 0.3) is 0 Å². The van der Waals surface area contributed by atoms with Gasteiger partial charge in [-0.25, -0.2) is 0 Å². The Morgan fingerprint density at radius 2 is 1.81 bits per heavy atom. The summed E-state index contributed by atoms with van der Waals surface area (Å²) >= 11 is 0. The number of methoxy groups -OCH3 is 1. The van der Waals surface area contributed by atoms with Crippen LogP contribution in [0.3, 0.4) is 0 Å². The van der Waals surface area contributed by atoms with Gasteiger partial charge in [-0.1, -0.05) is 60.7 Å². The average Bonchev–Trinajstić information content (AvgIpc) is 2.66. The topological polar surface area (TPSA) is 61.8 Å². The molecule has 2 aromatic rings. The number of nitrogens with zero attached hydrogens (tertiary/aromatic N) is 1. The molecule has 5 nitrogen and oxygen atoms in total. The van der Waals surface area contributed by atoms with Crippen molar-refractivity contribution in [3.05, 3.63) is 71.8 Å². The molecule has 1 heterocycles. The van der Waals surface area contributed by atoms with Crippen LogP contribution < -0.4 is 5.32 Å². The van der Waals surface area contributed by atoms with E-state index in [1.54, 1.807) is 6.92 Å². The number of carbonyl (C=O) groups excluding carboxylic acids is 1. The molecule has 1 aliphatic heterocycles. The molecule has 144 valence electrons. The van der Waals surface area contributed by atoms with Crippen LogP contribution in [0.5, 0.6) is 0 Å². The number of carbonyl (C=O) groups is 1. The molecule has 3 rings (SSSR count). The Balaban J connectivity index is 1.94. The van der Waals surface area contributed by atoms with E-state index in [-0.39, 0.29) is 18.6 Å². The molecule has 1 aliphatic rings. The number of aliphatic hydroxyl groups is 1. The van der Waals surface area contributed by atoms with Crippen molar-refractivity contribution in [2.75, 3.05) is 20.3 Å². The number of nitrogens with one attached hydrogen (secondary N) is 1. The van der Waals surface area contributed by atoms with Gasteiger partial charge in [0, 0.05) is 20.2 Å². The van der Waals surface area contributed by atoms with Crippen molar-refractivity contribution in [1.29, 1.82) is 0 Å². The third kappa shape index (κ3) is 4.75. The number of ether oxygens (including phenoxy) is 1. The second kappa shape index (κ2) is 8.65. The number of piperidine rings is 1. The maximum absolute atomic E-state index is 12.3. The molecular formula is C22H28N2O3. The molecule has 0 aliphatic carbocycles. The number of benzene rings is 2. The highest BCUT2D eigenvalue weighted by atomic mass is 16.5. The third-order valence-electron chi connectivity index (χ3n) is 5.25. The first-order valence-corrected chi connectivity index (χ1v) is 9.35. The van der Waals surface area contributed by atoms with E-state index in [0.717, 1.165) is 18.7 Å². The van der Waals surface area contributed by atoms with Crippen LogP contribution in [-0.2, 0) is 16.1 Å². The lowest BCUT2D eigenvalue weighted by Gasteiger charge is -2.49. The molecule has 5 heteroatoms. The number of amides is 1. The van der Waals surface area contributed by atoms with E-state index in [1.165, 1.54) is 12.7 Å². The Bertz CT molecular complexity index is 734. The summed E-state index contributed by atoms with van der Waals surface area (Å²) in [4.78, 5) is 14.6. The Morgan fingerprint density at radius 1 is 1.19 bits per heavy atom. The molecule has 0 radical (unpaired) electrons. The summed E-state index contributed by atoms with van der Waals surface area (Å²) < 4.78 is 4.97. The van der Waals surface area contributed by atoms with Crippen molar-refractivity contribution < 1.29 is 14.6 Å². The van der Waals surface area contributed by atoms with Crippen LogP contribution in [0.15, 0.2) is 60.7 Å². The number of likely N-dealkylation sites (tertiary alicyclic amines) is 1. The zero-order valence-corrected chi connectivity index (χ0v) is 16.0. The Kier molecular flexibility index (Phi) is 6.26. The molecule has 2 aromatic carbocycles. The number of rotatable bonds is 6. The van der Waals surface area contributed by atoms with Gasteiger partial charge < -0.3 is 15.2 Å². The monoisotopic (exact) mass is 368 g/mol. The molecule has 0 spiro atoms. The molecule has 1 fully saturated rings. The van der Waals surface area contributed by atoms with Gasteiger partial charge in [0.25, 0.3) is 0 Å². The summed E-state index contributed by atoms with van der Waals surface area (Å²) in [7, 11) is 1.50. The van der Waals surface area contributed by atoms with Gasteiger partial charge in [-0.3, -0.25) is 9.69 Å². The predicted molar refractivity (Wildman–Crippen MR) is 105 cm³/mol. The van der Waals surface area contributed by atoms with Crippen LogP contribution in [0.1, 0.15) is 30.5 Å². The average molecular weight is 368 g/mol. The summed E-state index contributed by atoms with van der Waals surface area (Å²) in [5, 5.41) is 14.1. The van der Waals surface area contributed by atoms with Crippen LogP contribution in [0.2, 0.25) is 0 Å². The molecule has 0 aromatic heterocycles. The second-order valence-electron chi connectivity index (χ2n) is 7.40. The standard InChI is InChI=1S/C22H28N2O3/c1-22(26)13-14-24(15-17-9-5-3-6-10-17)20(18-11-7-4-8-12-18)21(22)23-19(25)16-27-2/h3-12,20-21,26H,13-16H2,1-2H3,(H,23,25)/t20-,21-,22+/m0/s1. The molecule has 0 saturated carbocycles. The lowest BCUT2D eigenvalue weighted by molar-refractivity contribution is -0.132. The molecule has 0 bridgehead atoms. The summed E-state index contributed by atoms with van der Waals surface area (Å²) in [5.41, 5.74) is 1.29. The lowest BCUT2D eigenvalue weighted by Crippen LogP contribution is -2.62. The van der Waals surface area contributed by atoms with Crippen molar-refractivity contribution in [3.63, 3.8) is 0 Å². The molecule has 3 atom stereocenters. The van der Waals surface area contributed by atoms with E-state index in [9.17, 15) is 9.90 Å². The molecular weight excluding hydrogens is 340 g/mol. The van der Waals surface area contributed by atoms with E-state index in [0.29, 0.717) is 6.42 Å². The minimum atomic E-state index is -1.00. The summed E-state index contributed by atoms with van der Waals surface area (Å²) in [6.07, 6.45) is 0.584. The van der Waals surface area contributed by atoms with Crippen molar-refractivity contribution in [1.82, 2.24) is 10.2 Å². The fraction of sp³-hybridized carbons (Fsp3) is 0.409. The predicted octanol–water partition coefficient (Wildman–Crippen LogP) is 2.52. The minimum absolute atomic E-state index is 0.0211. The maximum Gasteiger partial charge on any atom is 0.246 e. The van der Waals surface area contributed by atoms with E-state index in [4.69, 9.17) is 4.74 Å². The molecule has 27 heavy (non-hydrogen) atoms. The molecule has 1 amide bonds. The van der Waals surface area contributed by atoms with Crippen LogP contribution >= 0.6 is 0 Å². The SMILES string of the molecule is COCC(=O)N[C@H]1[C@H](c2ccccc2)N(Cc2ccccc2)CC[C@@]1(C)O. The fourth-order valence-corrected chi connectivity index (χ4v) is 3.84. The van der Waals surface area contributed by atoms with Gasteiger partial charge in [-0.05, 0) is 24.5 Å². The Hall–Kier alpha value is -2.21. The summed E-state index contributed by atoms with van der Waals surface area (Å²) in [6, 6.07) is 19.8. The van der Waals surface area contributed by atoms with E-state index in [2.05, 4.69) is 34.5 Å². The first-order valence-electron chi connectivity index (χ1n) is 9.35. The van der Waals surface area contributed by atoms with Gasteiger partial charge in [0.05, 0.1) is 17.7 Å². The van der Waals surface area contributed by atoms with Gasteiger partial charge >= 0.3 is 0 Å². The molecule has 0 unspecified atom stereocenters. The van der Waals surface area contributed by atoms with Crippen molar-refractivity contribution in [2.24, 2.45) is 0 Å².